The maximum absolute atomic E-state index is 4.92. The van der Waals surface area contributed by atoms with Crippen LogP contribution in [0.2, 0.25) is 0 Å². The van der Waals surface area contributed by atoms with Gasteiger partial charge in [0, 0.05) is 0 Å². The number of benzene rings is 8. The summed E-state index contributed by atoms with van der Waals surface area (Å²) in [5.41, 5.74) is 6.98. The van der Waals surface area contributed by atoms with Crippen molar-refractivity contribution in [2.24, 2.45) is 0 Å². The van der Waals surface area contributed by atoms with Gasteiger partial charge in [-0.3, -0.25) is 0 Å². The van der Waals surface area contributed by atoms with Gasteiger partial charge in [-0.2, -0.15) is 0 Å². The molecule has 0 aliphatic carbocycles. The molecule has 1 aromatic heterocycles. The third-order valence-corrected chi connectivity index (χ3v) is 15.9. The van der Waals surface area contributed by atoms with Crippen molar-refractivity contribution in [2.75, 3.05) is 0 Å². The Labute approximate surface area is 361 Å². The number of para-hydroxylation sites is 3. The van der Waals surface area contributed by atoms with Gasteiger partial charge in [0.25, 0.3) is 0 Å². The second-order valence-electron chi connectivity index (χ2n) is 14.0. The molecule has 0 aliphatic heterocycles. The van der Waals surface area contributed by atoms with Gasteiger partial charge in [0.1, 0.15) is 53.4 Å². The molecule has 9 aromatic rings. The molecule has 9 rings (SSSR count). The van der Waals surface area contributed by atoms with E-state index in [2.05, 4.69) is 188 Å². The minimum absolute atomic E-state index is 0. The Hall–Kier alpha value is -5.92. The van der Waals surface area contributed by atoms with Crippen molar-refractivity contribution < 1.29 is 17.1 Å². The first-order valence-corrected chi connectivity index (χ1v) is 22.5. The fraction of sp³-hybridized carbons (Fsp3) is 0.0385. The fourth-order valence-corrected chi connectivity index (χ4v) is 13.3. The summed E-state index contributed by atoms with van der Waals surface area (Å²) in [6.45, 7) is 4.17. The zero-order valence-electron chi connectivity index (χ0n) is 33.0. The van der Waals surface area contributed by atoms with Crippen LogP contribution in [0.25, 0.3) is 22.3 Å². The smallest absolute Gasteiger partial charge is 0.657 e. The quantitative estimate of drug-likeness (QED) is 0.102. The zero-order valence-corrected chi connectivity index (χ0v) is 35.9. The van der Waals surface area contributed by atoms with E-state index < -0.39 is 15.8 Å². The minimum atomic E-state index is -1.14. The van der Waals surface area contributed by atoms with Gasteiger partial charge < -0.3 is 5.32 Å². The van der Waals surface area contributed by atoms with E-state index in [4.69, 9.17) is 5.32 Å². The number of aromatic nitrogens is 3. The van der Waals surface area contributed by atoms with Gasteiger partial charge in [-0.25, -0.2) is 4.68 Å². The monoisotopic (exact) mass is 850 g/mol. The molecule has 0 saturated heterocycles. The molecular formula is C52H45CuN4P2+2. The van der Waals surface area contributed by atoms with Crippen LogP contribution >= 0.6 is 15.8 Å². The van der Waals surface area contributed by atoms with Gasteiger partial charge in [0.2, 0.25) is 0 Å². The molecule has 0 amide bonds. The summed E-state index contributed by atoms with van der Waals surface area (Å²) in [5, 5.41) is 22.3. The Kier molecular flexibility index (Phi) is 14.1. The molecule has 0 radical (unpaired) electrons. The molecule has 1 heterocycles. The number of hydrogen-bond donors (Lipinski definition) is 0. The van der Waals surface area contributed by atoms with E-state index in [1.54, 1.807) is 4.68 Å². The molecule has 4 nitrogen and oxygen atoms in total. The second kappa shape index (κ2) is 20.2. The van der Waals surface area contributed by atoms with Crippen molar-refractivity contribution >= 4 is 59.0 Å². The molecule has 0 fully saturated rings. The Morgan fingerprint density at radius 3 is 1.27 bits per heavy atom. The van der Waals surface area contributed by atoms with Crippen LogP contribution in [-0.4, -0.2) is 15.0 Å². The summed E-state index contributed by atoms with van der Waals surface area (Å²) in [5.74, 6) is 0. The van der Waals surface area contributed by atoms with E-state index in [0.717, 1.165) is 39.4 Å². The van der Waals surface area contributed by atoms with E-state index in [-0.39, 0.29) is 17.1 Å². The fourth-order valence-electron chi connectivity index (χ4n) is 7.28. The molecule has 0 N–H and O–H groups in total. The predicted molar refractivity (Wildman–Crippen MR) is 252 cm³/mol. The van der Waals surface area contributed by atoms with Crippen molar-refractivity contribution in [3.8, 4) is 16.9 Å². The average molecular weight is 851 g/mol. The van der Waals surface area contributed by atoms with Crippen LogP contribution in [0.4, 0.5) is 11.4 Å². The standard InChI is InChI=1S/C30H24P2.C22H19N4.Cu/c1-5-15-25(16-6-1)31(26-17-7-2-8-18-26)29-23-13-14-24-30(29)32(27-19-9-3-10-20-27)28-21-11-4-12-22-28;1-16-9-8-10-17(2)22(16)23-20-14-7-6-13-19(20)21-15-26(25-24-21)18-11-4-3-5-12-18;/h1-24H;3-15H,1-2H3;/q;-1;+1/p+2. The molecule has 0 aliphatic rings. The Morgan fingerprint density at radius 2 is 0.814 bits per heavy atom. The van der Waals surface area contributed by atoms with Crippen LogP contribution in [0, 0.1) is 13.8 Å². The molecule has 292 valence electrons. The summed E-state index contributed by atoms with van der Waals surface area (Å²) < 4.78 is 1.78. The minimum Gasteiger partial charge on any atom is -0.657 e. The first kappa shape index (κ1) is 41.2. The second-order valence-corrected chi connectivity index (χ2v) is 18.9. The topological polar surface area (TPSA) is 44.8 Å². The molecule has 59 heavy (non-hydrogen) atoms. The van der Waals surface area contributed by atoms with Crippen molar-refractivity contribution in [2.45, 2.75) is 13.8 Å². The molecule has 0 unspecified atom stereocenters. The summed E-state index contributed by atoms with van der Waals surface area (Å²) >= 11 is 0. The van der Waals surface area contributed by atoms with Crippen LogP contribution in [0.15, 0.2) is 225 Å². The average Bonchev–Trinajstić information content (AvgIpc) is 3.79. The summed E-state index contributed by atoms with van der Waals surface area (Å²) in [6.07, 6.45) is 1.94. The molecule has 7 heteroatoms. The van der Waals surface area contributed by atoms with Crippen molar-refractivity contribution in [3.63, 3.8) is 0 Å². The molecule has 0 saturated carbocycles. The van der Waals surface area contributed by atoms with Crippen molar-refractivity contribution in [1.29, 1.82) is 0 Å². The van der Waals surface area contributed by atoms with Gasteiger partial charge in [-0.05, 0) is 92.2 Å². The number of aryl methyl sites for hydroxylation is 2. The van der Waals surface area contributed by atoms with Crippen LogP contribution in [0.5, 0.6) is 0 Å². The molecule has 0 spiro atoms. The van der Waals surface area contributed by atoms with E-state index in [1.165, 1.54) is 31.8 Å². The number of hydrogen-bond acceptors (Lipinski definition) is 2. The Morgan fingerprint density at radius 1 is 0.424 bits per heavy atom. The van der Waals surface area contributed by atoms with E-state index >= 15 is 0 Å². The summed E-state index contributed by atoms with van der Waals surface area (Å²) in [4.78, 5) is 0. The predicted octanol–water partition coefficient (Wildman–Crippen LogP) is 10.6. The van der Waals surface area contributed by atoms with Gasteiger partial charge in [-0.1, -0.05) is 162 Å². The van der Waals surface area contributed by atoms with Crippen LogP contribution in [-0.2, 0) is 17.1 Å². The van der Waals surface area contributed by atoms with Crippen molar-refractivity contribution in [3.05, 3.63) is 241 Å². The maximum atomic E-state index is 4.92. The van der Waals surface area contributed by atoms with Crippen LogP contribution in [0.3, 0.4) is 0 Å². The van der Waals surface area contributed by atoms with E-state index in [0.29, 0.717) is 0 Å². The van der Waals surface area contributed by atoms with Crippen LogP contribution in [0.1, 0.15) is 11.1 Å². The first-order valence-electron chi connectivity index (χ1n) is 19.5. The molecular weight excluding hydrogens is 806 g/mol. The molecule has 0 bridgehead atoms. The largest absolute Gasteiger partial charge is 1.00 e. The van der Waals surface area contributed by atoms with Gasteiger partial charge in [-0.15, -0.1) is 16.5 Å². The van der Waals surface area contributed by atoms with Crippen LogP contribution < -0.4 is 31.8 Å². The number of nitrogens with zero attached hydrogens (tertiary/aromatic N) is 4. The van der Waals surface area contributed by atoms with Gasteiger partial charge >= 0.3 is 17.1 Å². The number of rotatable bonds is 10. The Bertz CT molecular complexity index is 2470. The van der Waals surface area contributed by atoms with Crippen molar-refractivity contribution in [1.82, 2.24) is 15.0 Å². The van der Waals surface area contributed by atoms with Gasteiger partial charge in [0.15, 0.2) is 0 Å². The molecule has 0 atom stereocenters. The zero-order chi connectivity index (χ0) is 39.5. The van der Waals surface area contributed by atoms with Gasteiger partial charge in [0.05, 0.1) is 11.9 Å². The third kappa shape index (κ3) is 9.86. The normalized spacial score (nSPS) is 10.7. The van der Waals surface area contributed by atoms with E-state index in [1.807, 2.05) is 60.8 Å². The molecule has 8 aromatic carbocycles. The summed E-state index contributed by atoms with van der Waals surface area (Å²) in [7, 11) is -2.28. The third-order valence-electron chi connectivity index (χ3n) is 10.1. The summed E-state index contributed by atoms with van der Waals surface area (Å²) in [6, 6.07) is 77.7. The maximum Gasteiger partial charge on any atom is 1.00 e. The Balaban J connectivity index is 0.000000180. The SMILES string of the molecule is Cc1cccc(C)c1[N-]c1ccccc1-c1cn(-c2ccccc2)nn1.[Cu+].c1ccc([PH+](c2ccccc2)c2ccccc2[PH+](c2ccccc2)c2ccccc2)cc1. The van der Waals surface area contributed by atoms with E-state index in [9.17, 15) is 0 Å². The first-order chi connectivity index (χ1) is 28.6.